The minimum absolute atomic E-state index is 0.0174. The van der Waals surface area contributed by atoms with Crippen LogP contribution in [0.3, 0.4) is 0 Å². The first-order valence-corrected chi connectivity index (χ1v) is 6.42. The fourth-order valence-electron chi connectivity index (χ4n) is 2.30. The lowest BCUT2D eigenvalue weighted by Crippen LogP contribution is -2.49. The molecule has 0 saturated carbocycles. The second-order valence-corrected chi connectivity index (χ2v) is 5.91. The Morgan fingerprint density at radius 1 is 1.39 bits per heavy atom. The fraction of sp³-hybridized carbons (Fsp3) is 0.846. The Balaban J connectivity index is 2.65. The van der Waals surface area contributed by atoms with E-state index in [1.54, 1.807) is 4.90 Å². The summed E-state index contributed by atoms with van der Waals surface area (Å²) >= 11 is 0. The van der Waals surface area contributed by atoms with Gasteiger partial charge < -0.3 is 14.7 Å². The van der Waals surface area contributed by atoms with Crippen molar-refractivity contribution in [1.29, 1.82) is 0 Å². The molecule has 1 rings (SSSR count). The van der Waals surface area contributed by atoms with Crippen LogP contribution in [0.2, 0.25) is 0 Å². The van der Waals surface area contributed by atoms with Crippen molar-refractivity contribution in [3.63, 3.8) is 0 Å². The summed E-state index contributed by atoms with van der Waals surface area (Å²) in [6.45, 7) is 8.03. The van der Waals surface area contributed by atoms with Crippen molar-refractivity contribution in [2.45, 2.75) is 58.6 Å². The highest BCUT2D eigenvalue weighted by Crippen LogP contribution is 2.27. The molecule has 5 nitrogen and oxygen atoms in total. The number of carbonyl (C=O) groups is 2. The van der Waals surface area contributed by atoms with Gasteiger partial charge in [0.15, 0.2) is 0 Å². The number of nitrogens with zero attached hydrogens (tertiary/aromatic N) is 1. The quantitative estimate of drug-likeness (QED) is 0.825. The molecule has 18 heavy (non-hydrogen) atoms. The van der Waals surface area contributed by atoms with Crippen LogP contribution >= 0.6 is 0 Å². The van der Waals surface area contributed by atoms with Crippen molar-refractivity contribution in [1.82, 2.24) is 4.90 Å². The lowest BCUT2D eigenvalue weighted by atomic mass is 9.88. The van der Waals surface area contributed by atoms with E-state index in [1.807, 2.05) is 27.7 Å². The first-order valence-electron chi connectivity index (χ1n) is 6.42. The monoisotopic (exact) mass is 257 g/mol. The maximum Gasteiger partial charge on any atom is 0.410 e. The molecule has 1 saturated heterocycles. The Hall–Kier alpha value is -1.26. The molecule has 2 atom stereocenters. The van der Waals surface area contributed by atoms with Crippen LogP contribution in [0, 0.1) is 5.92 Å². The van der Waals surface area contributed by atoms with Crippen LogP contribution in [0.15, 0.2) is 0 Å². The van der Waals surface area contributed by atoms with E-state index in [2.05, 4.69) is 0 Å². The molecular weight excluding hydrogens is 234 g/mol. The molecule has 0 bridgehead atoms. The number of likely N-dealkylation sites (tertiary alicyclic amines) is 1. The number of piperidine rings is 1. The van der Waals surface area contributed by atoms with Crippen LogP contribution in [0.1, 0.15) is 47.0 Å². The lowest BCUT2D eigenvalue weighted by Gasteiger charge is -2.39. The van der Waals surface area contributed by atoms with Crippen LogP contribution in [0.4, 0.5) is 4.79 Å². The molecule has 0 unspecified atom stereocenters. The summed E-state index contributed by atoms with van der Waals surface area (Å²) in [5.74, 6) is -0.790. The van der Waals surface area contributed by atoms with Gasteiger partial charge in [0.05, 0.1) is 6.42 Å². The molecule has 1 aliphatic heterocycles. The summed E-state index contributed by atoms with van der Waals surface area (Å²) in [5.41, 5.74) is -0.517. The zero-order valence-corrected chi connectivity index (χ0v) is 11.6. The summed E-state index contributed by atoms with van der Waals surface area (Å²) in [5, 5.41) is 8.86. The summed E-state index contributed by atoms with van der Waals surface area (Å²) in [4.78, 5) is 24.5. The lowest BCUT2D eigenvalue weighted by molar-refractivity contribution is -0.139. The van der Waals surface area contributed by atoms with Crippen molar-refractivity contribution in [3.8, 4) is 0 Å². The van der Waals surface area contributed by atoms with E-state index in [9.17, 15) is 9.59 Å². The van der Waals surface area contributed by atoms with Gasteiger partial charge in [-0.1, -0.05) is 0 Å². The van der Waals surface area contributed by atoms with Gasteiger partial charge in [-0.3, -0.25) is 4.79 Å². The summed E-state index contributed by atoms with van der Waals surface area (Å²) < 4.78 is 5.34. The number of ether oxygens (including phenoxy) is 1. The summed E-state index contributed by atoms with van der Waals surface area (Å²) in [7, 11) is 0. The first-order chi connectivity index (χ1) is 8.20. The van der Waals surface area contributed by atoms with Gasteiger partial charge in [-0.2, -0.15) is 0 Å². The zero-order chi connectivity index (χ0) is 13.9. The second kappa shape index (κ2) is 5.59. The van der Waals surface area contributed by atoms with E-state index in [4.69, 9.17) is 9.84 Å². The number of carboxylic acids is 1. The molecule has 1 aliphatic rings. The number of aliphatic carboxylic acids is 1. The van der Waals surface area contributed by atoms with Gasteiger partial charge >= 0.3 is 12.1 Å². The van der Waals surface area contributed by atoms with Crippen molar-refractivity contribution in [2.24, 2.45) is 5.92 Å². The second-order valence-electron chi connectivity index (χ2n) is 5.91. The maximum atomic E-state index is 12.0. The highest BCUT2D eigenvalue weighted by atomic mass is 16.6. The fourth-order valence-corrected chi connectivity index (χ4v) is 2.30. The third-order valence-corrected chi connectivity index (χ3v) is 3.21. The normalized spacial score (nSPS) is 24.8. The number of amides is 1. The molecule has 0 radical (unpaired) electrons. The van der Waals surface area contributed by atoms with Gasteiger partial charge in [-0.15, -0.1) is 0 Å². The summed E-state index contributed by atoms with van der Waals surface area (Å²) in [6.07, 6.45) is 1.46. The van der Waals surface area contributed by atoms with Gasteiger partial charge in [-0.05, 0) is 46.5 Å². The van der Waals surface area contributed by atoms with Crippen LogP contribution in [-0.4, -0.2) is 40.3 Å². The van der Waals surface area contributed by atoms with Crippen LogP contribution in [-0.2, 0) is 9.53 Å². The van der Waals surface area contributed by atoms with E-state index in [1.165, 1.54) is 0 Å². The average Bonchev–Trinajstić information content (AvgIpc) is 2.17. The molecule has 1 fully saturated rings. The highest BCUT2D eigenvalue weighted by Gasteiger charge is 2.34. The Kier molecular flexibility index (Phi) is 4.59. The topological polar surface area (TPSA) is 66.8 Å². The van der Waals surface area contributed by atoms with Crippen molar-refractivity contribution in [3.05, 3.63) is 0 Å². The van der Waals surface area contributed by atoms with Crippen molar-refractivity contribution < 1.29 is 19.4 Å². The third-order valence-electron chi connectivity index (χ3n) is 3.21. The van der Waals surface area contributed by atoms with Gasteiger partial charge in [-0.25, -0.2) is 4.79 Å². The number of carboxylic acid groups (broad SMARTS) is 1. The number of rotatable bonds is 2. The van der Waals surface area contributed by atoms with Gasteiger partial charge in [0, 0.05) is 12.6 Å². The number of carbonyl (C=O) groups excluding carboxylic acids is 1. The zero-order valence-electron chi connectivity index (χ0n) is 11.6. The minimum atomic E-state index is -0.808. The number of hydrogen-bond acceptors (Lipinski definition) is 3. The third kappa shape index (κ3) is 4.20. The van der Waals surface area contributed by atoms with Crippen LogP contribution < -0.4 is 0 Å². The van der Waals surface area contributed by atoms with E-state index in [-0.39, 0.29) is 24.5 Å². The largest absolute Gasteiger partial charge is 0.481 e. The highest BCUT2D eigenvalue weighted by molar-refractivity contribution is 5.70. The van der Waals surface area contributed by atoms with Gasteiger partial charge in [0.2, 0.25) is 0 Å². The van der Waals surface area contributed by atoms with Crippen LogP contribution in [0.25, 0.3) is 0 Å². The molecule has 0 aromatic heterocycles. The SMILES string of the molecule is C[C@H]1[C@H](CC(=O)O)CCCN1C(=O)OC(C)(C)C. The Bertz CT molecular complexity index is 321. The molecule has 104 valence electrons. The van der Waals surface area contributed by atoms with Crippen LogP contribution in [0.5, 0.6) is 0 Å². The standard InChI is InChI=1S/C13H23NO4/c1-9-10(8-11(15)16)6-5-7-14(9)12(17)18-13(2,3)4/h9-10H,5-8H2,1-4H3,(H,15,16)/t9-,10-/m0/s1. The molecule has 1 N–H and O–H groups in total. The predicted molar refractivity (Wildman–Crippen MR) is 67.4 cm³/mol. The van der Waals surface area contributed by atoms with Gasteiger partial charge in [0.1, 0.15) is 5.60 Å². The van der Waals surface area contributed by atoms with E-state index in [0.717, 1.165) is 12.8 Å². The van der Waals surface area contributed by atoms with Gasteiger partial charge in [0.25, 0.3) is 0 Å². The molecule has 0 spiro atoms. The molecule has 1 amide bonds. The predicted octanol–water partition coefficient (Wildman–Crippen LogP) is 2.50. The number of hydrogen-bond donors (Lipinski definition) is 1. The van der Waals surface area contributed by atoms with Crippen molar-refractivity contribution >= 4 is 12.1 Å². The Morgan fingerprint density at radius 3 is 2.50 bits per heavy atom. The molecule has 0 aromatic rings. The summed E-state index contributed by atoms with van der Waals surface area (Å²) in [6, 6.07) is -0.0790. The average molecular weight is 257 g/mol. The van der Waals surface area contributed by atoms with E-state index >= 15 is 0 Å². The molecule has 0 aromatic carbocycles. The maximum absolute atomic E-state index is 12.0. The Labute approximate surface area is 108 Å². The Morgan fingerprint density at radius 2 is 2.00 bits per heavy atom. The molecular formula is C13H23NO4. The first kappa shape index (κ1) is 14.8. The smallest absolute Gasteiger partial charge is 0.410 e. The molecule has 5 heteroatoms. The molecule has 1 heterocycles. The van der Waals surface area contributed by atoms with E-state index < -0.39 is 11.6 Å². The van der Waals surface area contributed by atoms with E-state index in [0.29, 0.717) is 6.54 Å². The minimum Gasteiger partial charge on any atom is -0.481 e. The van der Waals surface area contributed by atoms with Crippen molar-refractivity contribution in [2.75, 3.05) is 6.54 Å². The molecule has 0 aliphatic carbocycles.